The molecule has 0 radical (unpaired) electrons. The molecule has 0 fully saturated rings. The molecule has 0 bridgehead atoms. The summed E-state index contributed by atoms with van der Waals surface area (Å²) < 4.78 is 10.6. The van der Waals surface area contributed by atoms with Crippen LogP contribution in [0.3, 0.4) is 0 Å². The number of ether oxygens (including phenoxy) is 2. The van der Waals surface area contributed by atoms with Crippen LogP contribution in [0.5, 0.6) is 5.75 Å². The van der Waals surface area contributed by atoms with E-state index in [0.717, 1.165) is 11.3 Å². The molecule has 2 atom stereocenters. The zero-order valence-electron chi connectivity index (χ0n) is 11.1. The summed E-state index contributed by atoms with van der Waals surface area (Å²) in [5.41, 5.74) is 6.48. The SMILES string of the molecule is COCC(CCN)NC(=O)C1COc2ccccc21. The van der Waals surface area contributed by atoms with Gasteiger partial charge in [0.1, 0.15) is 18.3 Å². The number of fused-ring (bicyclic) bond motifs is 1. The maximum Gasteiger partial charge on any atom is 0.231 e. The Morgan fingerprint density at radius 3 is 3.11 bits per heavy atom. The summed E-state index contributed by atoms with van der Waals surface area (Å²) in [5, 5.41) is 2.98. The quantitative estimate of drug-likeness (QED) is 0.791. The third-order valence-corrected chi connectivity index (χ3v) is 3.25. The van der Waals surface area contributed by atoms with Crippen LogP contribution in [0.2, 0.25) is 0 Å². The molecule has 1 aromatic carbocycles. The maximum atomic E-state index is 12.3. The zero-order chi connectivity index (χ0) is 13.7. The number of amides is 1. The molecule has 19 heavy (non-hydrogen) atoms. The van der Waals surface area contributed by atoms with Crippen molar-refractivity contribution in [2.24, 2.45) is 5.73 Å². The largest absolute Gasteiger partial charge is 0.492 e. The number of hydrogen-bond donors (Lipinski definition) is 2. The van der Waals surface area contributed by atoms with Gasteiger partial charge in [-0.2, -0.15) is 0 Å². The van der Waals surface area contributed by atoms with Crippen LogP contribution in [0, 0.1) is 0 Å². The van der Waals surface area contributed by atoms with Crippen molar-refractivity contribution in [1.82, 2.24) is 5.32 Å². The fraction of sp³-hybridized carbons (Fsp3) is 0.500. The Hall–Kier alpha value is -1.59. The van der Waals surface area contributed by atoms with Crippen LogP contribution in [0.15, 0.2) is 24.3 Å². The highest BCUT2D eigenvalue weighted by molar-refractivity contribution is 5.85. The smallest absolute Gasteiger partial charge is 0.231 e. The summed E-state index contributed by atoms with van der Waals surface area (Å²) in [4.78, 5) is 12.3. The Morgan fingerprint density at radius 2 is 2.37 bits per heavy atom. The second kappa shape index (κ2) is 6.54. The molecule has 2 unspecified atom stereocenters. The lowest BCUT2D eigenvalue weighted by atomic mass is 10.00. The Labute approximate surface area is 113 Å². The lowest BCUT2D eigenvalue weighted by Gasteiger charge is -2.19. The van der Waals surface area contributed by atoms with Crippen LogP contribution >= 0.6 is 0 Å². The first kappa shape index (κ1) is 13.8. The molecule has 0 aromatic heterocycles. The number of para-hydroxylation sites is 1. The molecular weight excluding hydrogens is 244 g/mol. The fourth-order valence-corrected chi connectivity index (χ4v) is 2.28. The van der Waals surface area contributed by atoms with Gasteiger partial charge in [-0.1, -0.05) is 18.2 Å². The van der Waals surface area contributed by atoms with Crippen molar-refractivity contribution in [3.05, 3.63) is 29.8 Å². The van der Waals surface area contributed by atoms with Crippen LogP contribution in [0.25, 0.3) is 0 Å². The van der Waals surface area contributed by atoms with Crippen LogP contribution in [0.1, 0.15) is 17.9 Å². The summed E-state index contributed by atoms with van der Waals surface area (Å²) >= 11 is 0. The summed E-state index contributed by atoms with van der Waals surface area (Å²) in [7, 11) is 1.61. The van der Waals surface area contributed by atoms with E-state index in [2.05, 4.69) is 5.32 Å². The molecule has 3 N–H and O–H groups in total. The van der Waals surface area contributed by atoms with Gasteiger partial charge < -0.3 is 20.5 Å². The van der Waals surface area contributed by atoms with E-state index >= 15 is 0 Å². The molecule has 1 aliphatic rings. The van der Waals surface area contributed by atoms with Gasteiger partial charge in [-0.25, -0.2) is 0 Å². The van der Waals surface area contributed by atoms with Gasteiger partial charge >= 0.3 is 0 Å². The van der Waals surface area contributed by atoms with Gasteiger partial charge in [0.25, 0.3) is 0 Å². The Bertz CT molecular complexity index is 430. The van der Waals surface area contributed by atoms with Gasteiger partial charge in [0.2, 0.25) is 5.91 Å². The van der Waals surface area contributed by atoms with Crippen LogP contribution < -0.4 is 15.8 Å². The van der Waals surface area contributed by atoms with E-state index in [4.69, 9.17) is 15.2 Å². The highest BCUT2D eigenvalue weighted by atomic mass is 16.5. The third-order valence-electron chi connectivity index (χ3n) is 3.25. The fourth-order valence-electron chi connectivity index (χ4n) is 2.28. The van der Waals surface area contributed by atoms with Gasteiger partial charge in [-0.05, 0) is 19.0 Å². The molecule has 1 aromatic rings. The predicted octanol–water partition coefficient (Wildman–Crippen LogP) is 0.643. The van der Waals surface area contributed by atoms with Crippen LogP contribution in [-0.2, 0) is 9.53 Å². The summed E-state index contributed by atoms with van der Waals surface area (Å²) in [5.74, 6) is 0.526. The molecule has 0 saturated carbocycles. The Balaban J connectivity index is 2.01. The number of rotatable bonds is 6. The molecule has 104 valence electrons. The number of methoxy groups -OCH3 is 1. The highest BCUT2D eigenvalue weighted by Crippen LogP contribution is 2.33. The first-order valence-electron chi connectivity index (χ1n) is 6.47. The number of hydrogen-bond acceptors (Lipinski definition) is 4. The second-order valence-electron chi connectivity index (χ2n) is 4.64. The van der Waals surface area contributed by atoms with Gasteiger partial charge in [0.15, 0.2) is 0 Å². The minimum atomic E-state index is -0.242. The van der Waals surface area contributed by atoms with E-state index in [1.54, 1.807) is 7.11 Å². The minimum Gasteiger partial charge on any atom is -0.492 e. The van der Waals surface area contributed by atoms with E-state index < -0.39 is 0 Å². The van der Waals surface area contributed by atoms with Crippen LogP contribution in [-0.4, -0.2) is 38.8 Å². The monoisotopic (exact) mass is 264 g/mol. The number of nitrogens with one attached hydrogen (secondary N) is 1. The van der Waals surface area contributed by atoms with E-state index in [1.165, 1.54) is 0 Å². The average molecular weight is 264 g/mol. The number of carbonyl (C=O) groups is 1. The molecule has 5 heteroatoms. The van der Waals surface area contributed by atoms with E-state index in [0.29, 0.717) is 26.2 Å². The zero-order valence-corrected chi connectivity index (χ0v) is 11.1. The molecule has 0 spiro atoms. The van der Waals surface area contributed by atoms with Crippen molar-refractivity contribution >= 4 is 5.91 Å². The number of nitrogens with two attached hydrogens (primary N) is 1. The van der Waals surface area contributed by atoms with Crippen molar-refractivity contribution in [2.75, 3.05) is 26.9 Å². The summed E-state index contributed by atoms with van der Waals surface area (Å²) in [6.45, 7) is 1.39. The first-order valence-corrected chi connectivity index (χ1v) is 6.47. The molecule has 0 saturated heterocycles. The Kier molecular flexibility index (Phi) is 4.76. The molecule has 1 aliphatic heterocycles. The van der Waals surface area contributed by atoms with Gasteiger partial charge in [-0.15, -0.1) is 0 Å². The topological polar surface area (TPSA) is 73.6 Å². The van der Waals surface area contributed by atoms with Crippen molar-refractivity contribution in [3.63, 3.8) is 0 Å². The summed E-state index contributed by atoms with van der Waals surface area (Å²) in [6, 6.07) is 7.59. The Morgan fingerprint density at radius 1 is 1.58 bits per heavy atom. The molecule has 1 heterocycles. The second-order valence-corrected chi connectivity index (χ2v) is 4.64. The van der Waals surface area contributed by atoms with Crippen LogP contribution in [0.4, 0.5) is 0 Å². The third kappa shape index (κ3) is 3.24. The van der Waals surface area contributed by atoms with Crippen molar-refractivity contribution < 1.29 is 14.3 Å². The van der Waals surface area contributed by atoms with Crippen molar-refractivity contribution in [3.8, 4) is 5.75 Å². The van der Waals surface area contributed by atoms with Gasteiger partial charge in [0.05, 0.1) is 12.6 Å². The van der Waals surface area contributed by atoms with E-state index in [9.17, 15) is 4.79 Å². The summed E-state index contributed by atoms with van der Waals surface area (Å²) in [6.07, 6.45) is 0.703. The average Bonchev–Trinajstić information content (AvgIpc) is 2.83. The number of carbonyl (C=O) groups excluding carboxylic acids is 1. The minimum absolute atomic E-state index is 0.0274. The first-order chi connectivity index (χ1) is 9.26. The molecule has 0 aliphatic carbocycles. The normalized spacial score (nSPS) is 18.5. The van der Waals surface area contributed by atoms with E-state index in [-0.39, 0.29) is 17.9 Å². The van der Waals surface area contributed by atoms with Crippen molar-refractivity contribution in [2.45, 2.75) is 18.4 Å². The standard InChI is InChI=1S/C14H20N2O3/c1-18-8-10(6-7-15)16-14(17)12-9-19-13-5-3-2-4-11(12)13/h2-5,10,12H,6-9,15H2,1H3,(H,16,17). The van der Waals surface area contributed by atoms with Gasteiger partial charge in [0, 0.05) is 12.7 Å². The predicted molar refractivity (Wildman–Crippen MR) is 72.2 cm³/mol. The lowest BCUT2D eigenvalue weighted by molar-refractivity contribution is -0.123. The van der Waals surface area contributed by atoms with E-state index in [1.807, 2.05) is 24.3 Å². The molecule has 1 amide bonds. The molecule has 2 rings (SSSR count). The molecule has 5 nitrogen and oxygen atoms in total. The van der Waals surface area contributed by atoms with Gasteiger partial charge in [-0.3, -0.25) is 4.79 Å². The maximum absolute atomic E-state index is 12.3. The molecular formula is C14H20N2O3. The lowest BCUT2D eigenvalue weighted by Crippen LogP contribution is -2.42. The number of benzene rings is 1. The highest BCUT2D eigenvalue weighted by Gasteiger charge is 2.30. The van der Waals surface area contributed by atoms with Crippen molar-refractivity contribution in [1.29, 1.82) is 0 Å².